The first-order valence-electron chi connectivity index (χ1n) is 8.96. The molecule has 3 aromatic carbocycles. The van der Waals surface area contributed by atoms with Crippen molar-refractivity contribution < 1.29 is 18.3 Å². The minimum absolute atomic E-state index is 0.252. The number of methoxy groups -OCH3 is 2. The predicted octanol–water partition coefficient (Wildman–Crippen LogP) is 5.52. The maximum absolute atomic E-state index is 14.7. The fourth-order valence-electron chi connectivity index (χ4n) is 3.25. The van der Waals surface area contributed by atoms with Gasteiger partial charge >= 0.3 is 0 Å². The summed E-state index contributed by atoms with van der Waals surface area (Å²) < 4.78 is 30.8. The second-order valence-corrected chi connectivity index (χ2v) is 6.53. The van der Waals surface area contributed by atoms with Gasteiger partial charge in [0, 0.05) is 19.8 Å². The topological polar surface area (TPSA) is 44.5 Å². The molecular formula is C23H20FNO3. The summed E-state index contributed by atoms with van der Waals surface area (Å²) in [5.74, 6) is -0.185. The molecule has 0 saturated heterocycles. The number of nitrogens with zero attached hydrogens (tertiary/aromatic N) is 1. The van der Waals surface area contributed by atoms with Crippen LogP contribution in [0.2, 0.25) is 0 Å². The Bertz CT molecular complexity index is 1090. The Labute approximate surface area is 162 Å². The van der Waals surface area contributed by atoms with Gasteiger partial charge in [-0.15, -0.1) is 0 Å². The Kier molecular flexibility index (Phi) is 5.19. The Hall–Kier alpha value is -3.02. The van der Waals surface area contributed by atoms with Crippen molar-refractivity contribution in [2.45, 2.75) is 12.7 Å². The zero-order valence-electron chi connectivity index (χ0n) is 15.7. The molecule has 0 unspecified atom stereocenters. The molecule has 0 aliphatic carbocycles. The molecule has 28 heavy (non-hydrogen) atoms. The van der Waals surface area contributed by atoms with Crippen LogP contribution in [0.1, 0.15) is 23.0 Å². The van der Waals surface area contributed by atoms with Gasteiger partial charge in [0.25, 0.3) is 0 Å². The van der Waals surface area contributed by atoms with Gasteiger partial charge in [0.15, 0.2) is 11.9 Å². The molecule has 0 bridgehead atoms. The lowest BCUT2D eigenvalue weighted by Crippen LogP contribution is -2.04. The van der Waals surface area contributed by atoms with E-state index in [1.807, 2.05) is 36.4 Å². The van der Waals surface area contributed by atoms with Gasteiger partial charge in [0.2, 0.25) is 5.89 Å². The quantitative estimate of drug-likeness (QED) is 0.415. The highest BCUT2D eigenvalue weighted by atomic mass is 19.1. The third-order valence-corrected chi connectivity index (χ3v) is 4.63. The third kappa shape index (κ3) is 3.67. The normalized spacial score (nSPS) is 11.4. The van der Waals surface area contributed by atoms with E-state index in [0.717, 1.165) is 12.0 Å². The Morgan fingerprint density at radius 2 is 1.71 bits per heavy atom. The van der Waals surface area contributed by atoms with Gasteiger partial charge in [-0.25, -0.2) is 9.37 Å². The van der Waals surface area contributed by atoms with E-state index < -0.39 is 12.1 Å². The van der Waals surface area contributed by atoms with Gasteiger partial charge in [0.1, 0.15) is 11.3 Å². The minimum Gasteiger partial charge on any atom is -0.436 e. The first kappa shape index (κ1) is 18.3. The molecule has 1 aromatic heterocycles. The molecule has 1 heterocycles. The van der Waals surface area contributed by atoms with Crippen molar-refractivity contribution >= 4 is 11.1 Å². The van der Waals surface area contributed by atoms with Crippen molar-refractivity contribution in [2.75, 3.05) is 14.2 Å². The van der Waals surface area contributed by atoms with E-state index in [9.17, 15) is 4.39 Å². The number of benzene rings is 3. The van der Waals surface area contributed by atoms with Crippen LogP contribution in [0, 0.1) is 5.82 Å². The minimum atomic E-state index is -0.618. The molecule has 0 saturated carbocycles. The summed E-state index contributed by atoms with van der Waals surface area (Å²) >= 11 is 0. The fraction of sp³-hybridized carbons (Fsp3) is 0.174. The average Bonchev–Trinajstić information content (AvgIpc) is 3.13. The van der Waals surface area contributed by atoms with Crippen LogP contribution in [0.15, 0.2) is 71.1 Å². The molecule has 4 nitrogen and oxygen atoms in total. The summed E-state index contributed by atoms with van der Waals surface area (Å²) in [4.78, 5) is 4.49. The van der Waals surface area contributed by atoms with Gasteiger partial charge in [-0.2, -0.15) is 0 Å². The molecule has 0 spiro atoms. The van der Waals surface area contributed by atoms with Gasteiger partial charge in [-0.1, -0.05) is 42.5 Å². The summed E-state index contributed by atoms with van der Waals surface area (Å²) in [6.07, 6.45) is 0.185. The van der Waals surface area contributed by atoms with Crippen molar-refractivity contribution in [1.29, 1.82) is 0 Å². The zero-order chi connectivity index (χ0) is 19.5. The van der Waals surface area contributed by atoms with Crippen LogP contribution in [0.4, 0.5) is 4.39 Å². The highest BCUT2D eigenvalue weighted by Gasteiger charge is 2.17. The van der Waals surface area contributed by atoms with Crippen molar-refractivity contribution in [3.63, 3.8) is 0 Å². The van der Waals surface area contributed by atoms with E-state index in [1.54, 1.807) is 12.1 Å². The van der Waals surface area contributed by atoms with Crippen LogP contribution in [0.25, 0.3) is 22.6 Å². The van der Waals surface area contributed by atoms with E-state index in [-0.39, 0.29) is 5.89 Å². The smallest absolute Gasteiger partial charge is 0.230 e. The maximum atomic E-state index is 14.7. The molecule has 0 aliphatic heterocycles. The highest BCUT2D eigenvalue weighted by Crippen LogP contribution is 2.29. The summed E-state index contributed by atoms with van der Waals surface area (Å²) in [6.45, 7) is 0. The van der Waals surface area contributed by atoms with Gasteiger partial charge in [-0.3, -0.25) is 0 Å². The van der Waals surface area contributed by atoms with Crippen LogP contribution in [-0.4, -0.2) is 19.2 Å². The van der Waals surface area contributed by atoms with Crippen LogP contribution in [-0.2, 0) is 15.9 Å². The largest absolute Gasteiger partial charge is 0.436 e. The van der Waals surface area contributed by atoms with E-state index in [0.29, 0.717) is 22.2 Å². The monoisotopic (exact) mass is 377 g/mol. The molecule has 142 valence electrons. The fourth-order valence-corrected chi connectivity index (χ4v) is 3.25. The van der Waals surface area contributed by atoms with Crippen molar-refractivity contribution in [3.8, 4) is 11.5 Å². The van der Waals surface area contributed by atoms with Crippen LogP contribution in [0.3, 0.4) is 0 Å². The molecule has 0 fully saturated rings. The number of hydrogen-bond acceptors (Lipinski definition) is 4. The third-order valence-electron chi connectivity index (χ3n) is 4.63. The van der Waals surface area contributed by atoms with E-state index in [2.05, 4.69) is 17.1 Å². The standard InChI is InChI=1S/C23H20FNO3/c1-26-23(27-2)17-9-10-18(19(24)14-17)22-25-20-13-16(8-11-21(20)28-22)12-15-6-4-3-5-7-15/h3-11,13-14,23H,12H2,1-2H3. The Balaban J connectivity index is 1.64. The van der Waals surface area contributed by atoms with Crippen molar-refractivity contribution in [3.05, 3.63) is 89.2 Å². The van der Waals surface area contributed by atoms with Gasteiger partial charge < -0.3 is 13.9 Å². The summed E-state index contributed by atoms with van der Waals surface area (Å²) in [5.41, 5.74) is 4.57. The van der Waals surface area contributed by atoms with Crippen LogP contribution in [0.5, 0.6) is 0 Å². The number of hydrogen-bond donors (Lipinski definition) is 0. The van der Waals surface area contributed by atoms with Gasteiger partial charge in [-0.05, 0) is 41.8 Å². The second-order valence-electron chi connectivity index (χ2n) is 6.53. The maximum Gasteiger partial charge on any atom is 0.230 e. The number of oxazole rings is 1. The lowest BCUT2D eigenvalue weighted by molar-refractivity contribution is -0.106. The zero-order valence-corrected chi connectivity index (χ0v) is 15.7. The van der Waals surface area contributed by atoms with Gasteiger partial charge in [0.05, 0.1) is 5.56 Å². The Morgan fingerprint density at radius 3 is 2.43 bits per heavy atom. The predicted molar refractivity (Wildman–Crippen MR) is 105 cm³/mol. The number of ether oxygens (including phenoxy) is 2. The molecule has 5 heteroatoms. The molecule has 0 N–H and O–H groups in total. The lowest BCUT2D eigenvalue weighted by Gasteiger charge is -2.14. The number of fused-ring (bicyclic) bond motifs is 1. The molecule has 4 rings (SSSR count). The number of halogens is 1. The molecule has 0 amide bonds. The molecule has 0 aliphatic rings. The van der Waals surface area contributed by atoms with Crippen LogP contribution >= 0.6 is 0 Å². The molecule has 4 aromatic rings. The summed E-state index contributed by atoms with van der Waals surface area (Å²) in [5, 5.41) is 0. The Morgan fingerprint density at radius 1 is 0.929 bits per heavy atom. The second kappa shape index (κ2) is 7.92. The summed E-state index contributed by atoms with van der Waals surface area (Å²) in [6, 6.07) is 20.8. The van der Waals surface area contributed by atoms with Crippen molar-refractivity contribution in [1.82, 2.24) is 4.98 Å². The van der Waals surface area contributed by atoms with E-state index in [1.165, 1.54) is 25.8 Å². The average molecular weight is 377 g/mol. The highest BCUT2D eigenvalue weighted by molar-refractivity contribution is 5.77. The molecule has 0 radical (unpaired) electrons. The number of rotatable bonds is 6. The summed E-state index contributed by atoms with van der Waals surface area (Å²) in [7, 11) is 3.02. The van der Waals surface area contributed by atoms with Crippen molar-refractivity contribution in [2.24, 2.45) is 0 Å². The van der Waals surface area contributed by atoms with E-state index >= 15 is 0 Å². The van der Waals surface area contributed by atoms with E-state index in [4.69, 9.17) is 13.9 Å². The molecule has 0 atom stereocenters. The molecular weight excluding hydrogens is 357 g/mol. The first-order valence-corrected chi connectivity index (χ1v) is 8.96. The SMILES string of the molecule is COC(OC)c1ccc(-c2nc3cc(Cc4ccccc4)ccc3o2)c(F)c1. The van der Waals surface area contributed by atoms with Crippen LogP contribution < -0.4 is 0 Å². The number of aromatic nitrogens is 1. The lowest BCUT2D eigenvalue weighted by atomic mass is 10.0. The first-order chi connectivity index (χ1) is 13.7.